The summed E-state index contributed by atoms with van der Waals surface area (Å²) < 4.78 is 34.1. The summed E-state index contributed by atoms with van der Waals surface area (Å²) in [4.78, 5) is 27.8. The van der Waals surface area contributed by atoms with Crippen molar-refractivity contribution in [3.8, 4) is 5.75 Å². The number of nitrogens with two attached hydrogens (primary N) is 1. The van der Waals surface area contributed by atoms with Crippen LogP contribution in [0, 0.1) is 0 Å². The number of rotatable bonds is 10. The van der Waals surface area contributed by atoms with Crippen LogP contribution in [0.1, 0.15) is 16.9 Å². The molecule has 224 valence electrons. The quantitative estimate of drug-likeness (QED) is 0.137. The molecule has 1 aliphatic heterocycles. The van der Waals surface area contributed by atoms with Crippen LogP contribution in [0.2, 0.25) is 5.02 Å². The minimum Gasteiger partial charge on any atom is -0.483 e. The summed E-state index contributed by atoms with van der Waals surface area (Å²) in [5.74, 6) is 0.0485. The van der Waals surface area contributed by atoms with Gasteiger partial charge in [0.05, 0.1) is 28.8 Å². The molecule has 1 saturated heterocycles. The fourth-order valence-electron chi connectivity index (χ4n) is 3.94. The van der Waals surface area contributed by atoms with E-state index in [4.69, 9.17) is 25.9 Å². The highest BCUT2D eigenvalue weighted by molar-refractivity contribution is 8.18. The zero-order valence-corrected chi connectivity index (χ0v) is 25.2. The molecule has 1 aromatic heterocycles. The number of amidine groups is 1. The van der Waals surface area contributed by atoms with Crippen LogP contribution in [0.5, 0.6) is 5.75 Å². The van der Waals surface area contributed by atoms with Crippen molar-refractivity contribution in [3.05, 3.63) is 118 Å². The predicted octanol–water partition coefficient (Wildman–Crippen LogP) is 5.10. The van der Waals surface area contributed by atoms with Crippen LogP contribution in [-0.4, -0.2) is 43.1 Å². The Balaban J connectivity index is 1.33. The number of nitrogens with zero attached hydrogens (tertiary/aromatic N) is 3. The summed E-state index contributed by atoms with van der Waals surface area (Å²) in [5.41, 5.74) is 1.67. The van der Waals surface area contributed by atoms with Gasteiger partial charge in [-0.05, 0) is 78.0 Å². The second kappa shape index (κ2) is 13.7. The second-order valence-corrected chi connectivity index (χ2v) is 12.2. The zero-order chi connectivity index (χ0) is 31.1. The molecule has 3 N–H and O–H groups in total. The number of hydrogen-bond acceptors (Lipinski definition) is 9. The van der Waals surface area contributed by atoms with Gasteiger partial charge in [-0.15, -0.1) is 5.10 Å². The number of sulfonamides is 1. The number of anilines is 1. The molecule has 1 aliphatic rings. The number of halogens is 1. The number of benzene rings is 3. The third-order valence-electron chi connectivity index (χ3n) is 6.02. The van der Waals surface area contributed by atoms with Gasteiger partial charge in [-0.25, -0.2) is 13.6 Å². The highest BCUT2D eigenvalue weighted by atomic mass is 35.5. The molecule has 44 heavy (non-hydrogen) atoms. The van der Waals surface area contributed by atoms with E-state index in [1.165, 1.54) is 35.4 Å². The Morgan fingerprint density at radius 1 is 1.07 bits per heavy atom. The number of ether oxygens (including phenoxy) is 1. The number of furan rings is 1. The van der Waals surface area contributed by atoms with Gasteiger partial charge in [0.1, 0.15) is 11.5 Å². The standard InChI is InChI=1S/C30H24ClN5O6S2/c31-22-8-13-26(42-19-28(37)34-23-9-11-25(12-10-23)44(32,39)40)21(15-22)16-27-29(38)36(18-24-7-4-14-41-24)30(43-27)35-33-17-20-5-2-1-3-6-20/h1-17H,18-19H2,(H,34,37)(H2,32,39,40)/b27-16-,33-17+,35-30-. The van der Waals surface area contributed by atoms with Gasteiger partial charge in [-0.2, -0.15) is 5.10 Å². The number of primary sulfonamides is 1. The maximum absolute atomic E-state index is 13.5. The molecule has 3 aromatic carbocycles. The molecule has 1 fully saturated rings. The molecule has 0 spiro atoms. The normalized spacial score (nSPS) is 15.4. The summed E-state index contributed by atoms with van der Waals surface area (Å²) in [6.45, 7) is -0.228. The van der Waals surface area contributed by atoms with Crippen LogP contribution in [0.15, 0.2) is 116 Å². The van der Waals surface area contributed by atoms with Gasteiger partial charge in [-0.3, -0.25) is 14.5 Å². The van der Waals surface area contributed by atoms with E-state index < -0.39 is 15.9 Å². The van der Waals surface area contributed by atoms with Crippen molar-refractivity contribution in [3.63, 3.8) is 0 Å². The molecule has 0 bridgehead atoms. The van der Waals surface area contributed by atoms with Gasteiger partial charge in [-0.1, -0.05) is 41.9 Å². The number of amides is 2. The lowest BCUT2D eigenvalue weighted by atomic mass is 10.2. The topological polar surface area (TPSA) is 157 Å². The summed E-state index contributed by atoms with van der Waals surface area (Å²) in [7, 11) is -3.85. The Labute approximate surface area is 262 Å². The largest absolute Gasteiger partial charge is 0.483 e. The summed E-state index contributed by atoms with van der Waals surface area (Å²) in [5, 5.41) is 17.0. The number of hydrogen-bond donors (Lipinski definition) is 2. The van der Waals surface area contributed by atoms with Crippen molar-refractivity contribution in [1.29, 1.82) is 0 Å². The highest BCUT2D eigenvalue weighted by Gasteiger charge is 2.34. The van der Waals surface area contributed by atoms with Crippen LogP contribution in [-0.2, 0) is 26.2 Å². The molecule has 2 amide bonds. The first-order valence-electron chi connectivity index (χ1n) is 12.9. The van der Waals surface area contributed by atoms with Gasteiger partial charge in [0.2, 0.25) is 10.0 Å². The van der Waals surface area contributed by atoms with Crippen molar-refractivity contribution in [2.75, 3.05) is 11.9 Å². The Morgan fingerprint density at radius 3 is 2.55 bits per heavy atom. The van der Waals surface area contributed by atoms with E-state index in [9.17, 15) is 18.0 Å². The van der Waals surface area contributed by atoms with E-state index in [-0.39, 0.29) is 24.0 Å². The molecule has 5 rings (SSSR count). The third kappa shape index (κ3) is 8.02. The van der Waals surface area contributed by atoms with E-state index in [2.05, 4.69) is 15.5 Å². The molecule has 0 aliphatic carbocycles. The lowest BCUT2D eigenvalue weighted by Crippen LogP contribution is -2.28. The number of thioether (sulfide) groups is 1. The molecule has 0 radical (unpaired) electrons. The maximum atomic E-state index is 13.5. The van der Waals surface area contributed by atoms with Crippen molar-refractivity contribution < 1.29 is 27.2 Å². The highest BCUT2D eigenvalue weighted by Crippen LogP contribution is 2.36. The fraction of sp³-hybridized carbons (Fsp3) is 0.0667. The van der Waals surface area contributed by atoms with E-state index in [0.29, 0.717) is 37.9 Å². The van der Waals surface area contributed by atoms with Crippen LogP contribution in [0.3, 0.4) is 0 Å². The van der Waals surface area contributed by atoms with Gasteiger partial charge >= 0.3 is 0 Å². The molecule has 4 aromatic rings. The minimum atomic E-state index is -3.85. The Morgan fingerprint density at radius 2 is 1.84 bits per heavy atom. The van der Waals surface area contributed by atoms with Gasteiger partial charge < -0.3 is 14.5 Å². The molecule has 2 heterocycles. The molecule has 0 unspecified atom stereocenters. The zero-order valence-electron chi connectivity index (χ0n) is 22.8. The average Bonchev–Trinajstić information content (AvgIpc) is 3.61. The molecule has 0 atom stereocenters. The Kier molecular flexibility index (Phi) is 9.60. The van der Waals surface area contributed by atoms with Gasteiger partial charge in [0, 0.05) is 16.3 Å². The predicted molar refractivity (Wildman–Crippen MR) is 170 cm³/mol. The van der Waals surface area contributed by atoms with E-state index >= 15 is 0 Å². The van der Waals surface area contributed by atoms with Crippen LogP contribution in [0.4, 0.5) is 5.69 Å². The summed E-state index contributed by atoms with van der Waals surface area (Å²) in [6.07, 6.45) is 4.72. The van der Waals surface area contributed by atoms with Crippen molar-refractivity contribution in [1.82, 2.24) is 4.90 Å². The smallest absolute Gasteiger partial charge is 0.267 e. The lowest BCUT2D eigenvalue weighted by molar-refractivity contribution is -0.122. The number of carbonyl (C=O) groups is 2. The minimum absolute atomic E-state index is 0.0798. The first kappa shape index (κ1) is 30.8. The van der Waals surface area contributed by atoms with Crippen LogP contribution < -0.4 is 15.2 Å². The number of nitrogens with one attached hydrogen (secondary N) is 1. The Hall–Kier alpha value is -4.69. The second-order valence-electron chi connectivity index (χ2n) is 9.21. The van der Waals surface area contributed by atoms with Gasteiger partial charge in [0.25, 0.3) is 11.8 Å². The van der Waals surface area contributed by atoms with E-state index in [1.54, 1.807) is 42.6 Å². The van der Waals surface area contributed by atoms with E-state index in [0.717, 1.165) is 17.3 Å². The fourth-order valence-corrected chi connectivity index (χ4v) is 5.56. The van der Waals surface area contributed by atoms with Crippen LogP contribution >= 0.6 is 23.4 Å². The average molecular weight is 650 g/mol. The molecule has 14 heteroatoms. The monoisotopic (exact) mass is 649 g/mol. The van der Waals surface area contributed by atoms with Crippen LogP contribution in [0.25, 0.3) is 6.08 Å². The molecule has 0 saturated carbocycles. The molecule has 11 nitrogen and oxygen atoms in total. The molecular formula is C30H24ClN5O6S2. The van der Waals surface area contributed by atoms with E-state index in [1.807, 2.05) is 30.3 Å². The summed E-state index contributed by atoms with van der Waals surface area (Å²) in [6, 6.07) is 23.1. The summed E-state index contributed by atoms with van der Waals surface area (Å²) >= 11 is 7.38. The van der Waals surface area contributed by atoms with Crippen molar-refractivity contribution >= 4 is 68.3 Å². The molecular weight excluding hydrogens is 626 g/mol. The SMILES string of the molecule is NS(=O)(=O)c1ccc(NC(=O)COc2ccc(Cl)cc2/C=C2\S/C(=N\N=C\c3ccccc3)N(Cc3ccco3)C2=O)cc1. The van der Waals surface area contributed by atoms with Crippen molar-refractivity contribution in [2.45, 2.75) is 11.4 Å². The first-order chi connectivity index (χ1) is 21.2. The maximum Gasteiger partial charge on any atom is 0.267 e. The first-order valence-corrected chi connectivity index (χ1v) is 15.6. The van der Waals surface area contributed by atoms with Crippen molar-refractivity contribution in [2.24, 2.45) is 15.3 Å². The Bertz CT molecular complexity index is 1860. The lowest BCUT2D eigenvalue weighted by Gasteiger charge is -2.13. The number of carbonyl (C=O) groups excluding carboxylic acids is 2. The third-order valence-corrected chi connectivity index (χ3v) is 8.18. The van der Waals surface area contributed by atoms with Gasteiger partial charge in [0.15, 0.2) is 11.8 Å².